The molecule has 0 aliphatic carbocycles. The molecule has 0 aromatic heterocycles. The van der Waals surface area contributed by atoms with E-state index in [0.29, 0.717) is 13.2 Å². The van der Waals surface area contributed by atoms with Gasteiger partial charge in [0, 0.05) is 51.7 Å². The van der Waals surface area contributed by atoms with Gasteiger partial charge in [0.1, 0.15) is 24.2 Å². The van der Waals surface area contributed by atoms with Gasteiger partial charge in [0.25, 0.3) is 0 Å². The molecule has 0 N–H and O–H groups in total. The number of anilines is 1. The topological polar surface area (TPSA) is 60.5 Å². The SMILES string of the molecule is COc1ccccc1N1CCN(CC(COSc2cccc3c2OCCC3)OC(C)=O)CC1. The van der Waals surface area contributed by atoms with E-state index in [2.05, 4.69) is 21.9 Å². The molecule has 0 radical (unpaired) electrons. The number of rotatable bonds is 9. The van der Waals surface area contributed by atoms with Crippen LogP contribution < -0.4 is 14.4 Å². The Hall–Kier alpha value is -2.42. The minimum atomic E-state index is -0.326. The van der Waals surface area contributed by atoms with Crippen molar-refractivity contribution in [2.24, 2.45) is 0 Å². The number of nitrogens with zero attached hydrogens (tertiary/aromatic N) is 2. The molecule has 1 fully saturated rings. The summed E-state index contributed by atoms with van der Waals surface area (Å²) in [4.78, 5) is 17.3. The Balaban J connectivity index is 1.29. The van der Waals surface area contributed by atoms with E-state index in [1.807, 2.05) is 30.3 Å². The van der Waals surface area contributed by atoms with Crippen molar-refractivity contribution in [1.29, 1.82) is 0 Å². The molecular formula is C25H32N2O5S. The summed E-state index contributed by atoms with van der Waals surface area (Å²) >= 11 is 1.30. The highest BCUT2D eigenvalue weighted by Crippen LogP contribution is 2.36. The van der Waals surface area contributed by atoms with Crippen molar-refractivity contribution in [3.63, 3.8) is 0 Å². The Bertz CT molecular complexity index is 933. The lowest BCUT2D eigenvalue weighted by molar-refractivity contribution is -0.148. The summed E-state index contributed by atoms with van der Waals surface area (Å²) in [5, 5.41) is 0. The number of fused-ring (bicyclic) bond motifs is 1. The Labute approximate surface area is 200 Å². The molecule has 1 unspecified atom stereocenters. The van der Waals surface area contributed by atoms with E-state index in [-0.39, 0.29) is 12.1 Å². The molecule has 8 heteroatoms. The quantitative estimate of drug-likeness (QED) is 0.404. The maximum absolute atomic E-state index is 11.7. The summed E-state index contributed by atoms with van der Waals surface area (Å²) in [5.74, 6) is 1.52. The number of ether oxygens (including phenoxy) is 3. The second-order valence-corrected chi connectivity index (χ2v) is 9.10. The van der Waals surface area contributed by atoms with E-state index in [0.717, 1.165) is 67.7 Å². The number of hydrogen-bond acceptors (Lipinski definition) is 8. The first-order valence-corrected chi connectivity index (χ1v) is 12.2. The molecule has 1 atom stereocenters. The zero-order valence-electron chi connectivity index (χ0n) is 19.3. The molecule has 2 aromatic rings. The molecule has 0 saturated carbocycles. The van der Waals surface area contributed by atoms with Crippen molar-refractivity contribution in [3.05, 3.63) is 48.0 Å². The van der Waals surface area contributed by atoms with Gasteiger partial charge in [0.15, 0.2) is 0 Å². The van der Waals surface area contributed by atoms with Crippen LogP contribution in [-0.2, 0) is 20.1 Å². The smallest absolute Gasteiger partial charge is 0.303 e. The summed E-state index contributed by atoms with van der Waals surface area (Å²) in [7, 11) is 1.70. The van der Waals surface area contributed by atoms with Crippen LogP contribution in [-0.4, -0.2) is 70.0 Å². The highest BCUT2D eigenvalue weighted by Gasteiger charge is 2.24. The van der Waals surface area contributed by atoms with Crippen molar-refractivity contribution in [3.8, 4) is 11.5 Å². The third-order valence-electron chi connectivity index (χ3n) is 5.89. The number of aryl methyl sites for hydroxylation is 1. The van der Waals surface area contributed by atoms with Crippen molar-refractivity contribution in [1.82, 2.24) is 4.90 Å². The predicted molar refractivity (Wildman–Crippen MR) is 129 cm³/mol. The Morgan fingerprint density at radius 1 is 1.12 bits per heavy atom. The second-order valence-electron chi connectivity index (χ2n) is 8.26. The molecule has 2 aromatic carbocycles. The summed E-state index contributed by atoms with van der Waals surface area (Å²) in [6, 6.07) is 14.2. The van der Waals surface area contributed by atoms with Gasteiger partial charge in [-0.25, -0.2) is 0 Å². The molecule has 0 spiro atoms. The van der Waals surface area contributed by atoms with E-state index in [9.17, 15) is 4.79 Å². The monoisotopic (exact) mass is 472 g/mol. The Kier molecular flexibility index (Phi) is 8.36. The average Bonchev–Trinajstić information content (AvgIpc) is 2.84. The number of carbonyl (C=O) groups excluding carboxylic acids is 1. The van der Waals surface area contributed by atoms with Gasteiger partial charge in [-0.15, -0.1) is 0 Å². The van der Waals surface area contributed by atoms with Crippen LogP contribution in [0.4, 0.5) is 5.69 Å². The standard InChI is InChI=1S/C25H32N2O5S/c1-19(28)32-21(18-31-33-24-11-5-7-20-8-6-16-30-25(20)24)17-26-12-14-27(15-13-26)22-9-3-4-10-23(22)29-2/h3-5,7,9-11,21H,6,8,12-18H2,1-2H3. The van der Waals surface area contributed by atoms with Crippen LogP contribution in [0.15, 0.2) is 47.4 Å². The van der Waals surface area contributed by atoms with E-state index >= 15 is 0 Å². The number of carbonyl (C=O) groups is 1. The molecule has 2 aliphatic heterocycles. The predicted octanol–water partition coefficient (Wildman–Crippen LogP) is 3.80. The minimum absolute atomic E-state index is 0.290. The normalized spacial score (nSPS) is 17.1. The third-order valence-corrected chi connectivity index (χ3v) is 6.65. The zero-order valence-corrected chi connectivity index (χ0v) is 20.1. The number of hydrogen-bond donors (Lipinski definition) is 0. The third kappa shape index (κ3) is 6.34. The van der Waals surface area contributed by atoms with Gasteiger partial charge in [0.2, 0.25) is 0 Å². The summed E-state index contributed by atoms with van der Waals surface area (Å²) in [6.45, 7) is 6.67. The number of piperazine rings is 1. The van der Waals surface area contributed by atoms with Crippen LogP contribution in [0.1, 0.15) is 18.9 Å². The molecular weight excluding hydrogens is 440 g/mol. The molecule has 7 nitrogen and oxygen atoms in total. The number of methoxy groups -OCH3 is 1. The average molecular weight is 473 g/mol. The minimum Gasteiger partial charge on any atom is -0.495 e. The fourth-order valence-electron chi connectivity index (χ4n) is 4.31. The highest BCUT2D eigenvalue weighted by molar-refractivity contribution is 7.94. The van der Waals surface area contributed by atoms with Crippen LogP contribution in [0.25, 0.3) is 0 Å². The maximum Gasteiger partial charge on any atom is 0.303 e. The van der Waals surface area contributed by atoms with Gasteiger partial charge in [-0.3, -0.25) is 9.69 Å². The number of para-hydroxylation sites is 3. The summed E-state index contributed by atoms with van der Waals surface area (Å²) in [5.41, 5.74) is 2.34. The summed E-state index contributed by atoms with van der Waals surface area (Å²) in [6.07, 6.45) is 1.75. The van der Waals surface area contributed by atoms with E-state index < -0.39 is 0 Å². The zero-order chi connectivity index (χ0) is 23.0. The Morgan fingerprint density at radius 3 is 2.73 bits per heavy atom. The first-order valence-electron chi connectivity index (χ1n) is 11.5. The maximum atomic E-state index is 11.7. The van der Waals surface area contributed by atoms with Crippen LogP contribution in [0.3, 0.4) is 0 Å². The van der Waals surface area contributed by atoms with E-state index in [1.54, 1.807) is 7.11 Å². The lowest BCUT2D eigenvalue weighted by Crippen LogP contribution is -2.49. The molecule has 33 heavy (non-hydrogen) atoms. The van der Waals surface area contributed by atoms with Gasteiger partial charge in [0.05, 0.1) is 24.3 Å². The number of esters is 1. The molecule has 178 valence electrons. The Morgan fingerprint density at radius 2 is 1.94 bits per heavy atom. The lowest BCUT2D eigenvalue weighted by Gasteiger charge is -2.37. The molecule has 0 bridgehead atoms. The molecule has 4 rings (SSSR count). The molecule has 1 saturated heterocycles. The second kappa shape index (κ2) is 11.6. The first-order chi connectivity index (χ1) is 16.1. The number of benzene rings is 2. The van der Waals surface area contributed by atoms with Crippen molar-refractivity contribution < 1.29 is 23.2 Å². The largest absolute Gasteiger partial charge is 0.495 e. The lowest BCUT2D eigenvalue weighted by atomic mass is 10.1. The highest BCUT2D eigenvalue weighted by atomic mass is 32.2. The van der Waals surface area contributed by atoms with Crippen molar-refractivity contribution in [2.75, 3.05) is 57.9 Å². The van der Waals surface area contributed by atoms with Crippen LogP contribution in [0.5, 0.6) is 11.5 Å². The van der Waals surface area contributed by atoms with Gasteiger partial charge in [-0.2, -0.15) is 0 Å². The van der Waals surface area contributed by atoms with Gasteiger partial charge in [-0.05, 0) is 36.6 Å². The van der Waals surface area contributed by atoms with Gasteiger partial charge < -0.3 is 23.3 Å². The first kappa shape index (κ1) is 23.7. The fourth-order valence-corrected chi connectivity index (χ4v) is 5.05. The fraction of sp³-hybridized carbons (Fsp3) is 0.480. The van der Waals surface area contributed by atoms with Crippen LogP contribution in [0.2, 0.25) is 0 Å². The molecule has 2 heterocycles. The molecule has 2 aliphatic rings. The van der Waals surface area contributed by atoms with E-state index in [4.69, 9.17) is 18.4 Å². The van der Waals surface area contributed by atoms with Gasteiger partial charge in [-0.1, -0.05) is 24.3 Å². The van der Waals surface area contributed by atoms with Gasteiger partial charge >= 0.3 is 5.97 Å². The van der Waals surface area contributed by atoms with Crippen molar-refractivity contribution >= 4 is 23.7 Å². The van der Waals surface area contributed by atoms with E-state index in [1.165, 1.54) is 24.5 Å². The van der Waals surface area contributed by atoms with Crippen LogP contribution in [0, 0.1) is 0 Å². The van der Waals surface area contributed by atoms with Crippen LogP contribution >= 0.6 is 12.0 Å². The molecule has 0 amide bonds. The summed E-state index contributed by atoms with van der Waals surface area (Å²) < 4.78 is 22.8. The van der Waals surface area contributed by atoms with Crippen molar-refractivity contribution in [2.45, 2.75) is 30.8 Å².